The lowest BCUT2D eigenvalue weighted by Crippen LogP contribution is -2.53. The molecule has 6 heteroatoms. The molecule has 0 N–H and O–H groups in total. The van der Waals surface area contributed by atoms with Gasteiger partial charge in [-0.25, -0.2) is 4.98 Å². The standard InChI is InChI=1S/C43H41BN4O/c1-27-21-29(3)41(30(4)22-27)44(42-31(5)23-28(2)24-32(42)6)48-36-16-9-8-15-35(36)43-39(48)19-20-40(45-43)49-34-14-12-13-33(25-34)47-26-46(7)37-17-10-11-18-38(37)47/h8-25H,26H2,1-7H3. The molecule has 0 atom stereocenters. The minimum atomic E-state index is -0.0321. The van der Waals surface area contributed by atoms with Gasteiger partial charge in [0.25, 0.3) is 0 Å². The summed E-state index contributed by atoms with van der Waals surface area (Å²) in [5.74, 6) is 1.34. The van der Waals surface area contributed by atoms with Crippen molar-refractivity contribution < 1.29 is 4.74 Å². The summed E-state index contributed by atoms with van der Waals surface area (Å²) in [6.45, 7) is 14.1. The van der Waals surface area contributed by atoms with Crippen LogP contribution in [0.5, 0.6) is 11.6 Å². The molecule has 1 aliphatic heterocycles. The number of aryl methyl sites for hydroxylation is 6. The van der Waals surface area contributed by atoms with Crippen molar-refractivity contribution in [2.24, 2.45) is 0 Å². The number of rotatable bonds is 6. The SMILES string of the molecule is Cc1cc(C)c(B(c2c(C)cc(C)cc2C)n2c3ccccc3c3nc(Oc4cccc(N5CN(C)c6ccccc65)c4)ccc32)c(C)c1. The molecule has 7 aromatic rings. The van der Waals surface area contributed by atoms with Crippen LogP contribution in [-0.4, -0.2) is 30.0 Å². The fourth-order valence-corrected chi connectivity index (χ4v) is 8.26. The molecule has 5 aromatic carbocycles. The first-order valence-corrected chi connectivity index (χ1v) is 17.1. The first-order valence-electron chi connectivity index (χ1n) is 17.1. The van der Waals surface area contributed by atoms with Crippen LogP contribution in [-0.2, 0) is 0 Å². The topological polar surface area (TPSA) is 33.5 Å². The lowest BCUT2D eigenvalue weighted by molar-refractivity contribution is 0.465. The number of pyridine rings is 1. The highest BCUT2D eigenvalue weighted by atomic mass is 16.5. The van der Waals surface area contributed by atoms with Crippen LogP contribution in [0.4, 0.5) is 17.1 Å². The van der Waals surface area contributed by atoms with Crippen LogP contribution in [0.15, 0.2) is 109 Å². The average molecular weight is 641 g/mol. The number of hydrogen-bond donors (Lipinski definition) is 0. The third kappa shape index (κ3) is 5.23. The fourth-order valence-electron chi connectivity index (χ4n) is 8.26. The normalized spacial score (nSPS) is 12.6. The van der Waals surface area contributed by atoms with Crippen LogP contribution in [0.3, 0.4) is 0 Å². The molecule has 242 valence electrons. The zero-order valence-electron chi connectivity index (χ0n) is 29.4. The zero-order chi connectivity index (χ0) is 34.0. The summed E-state index contributed by atoms with van der Waals surface area (Å²) < 4.78 is 9.04. The maximum absolute atomic E-state index is 6.53. The molecule has 0 unspecified atom stereocenters. The number of para-hydroxylation sites is 3. The van der Waals surface area contributed by atoms with Gasteiger partial charge in [0, 0.05) is 35.8 Å². The average Bonchev–Trinajstić information content (AvgIpc) is 3.58. The van der Waals surface area contributed by atoms with Gasteiger partial charge >= 0.3 is 6.85 Å². The third-order valence-electron chi connectivity index (χ3n) is 10.1. The number of anilines is 3. The molecule has 49 heavy (non-hydrogen) atoms. The van der Waals surface area contributed by atoms with Crippen molar-refractivity contribution in [2.75, 3.05) is 23.5 Å². The molecule has 0 saturated heterocycles. The van der Waals surface area contributed by atoms with Crippen molar-refractivity contribution in [3.8, 4) is 11.6 Å². The predicted octanol–water partition coefficient (Wildman–Crippen LogP) is 9.03. The number of ether oxygens (including phenoxy) is 1. The summed E-state index contributed by atoms with van der Waals surface area (Å²) in [5, 5.41) is 1.11. The Hall–Kier alpha value is -5.49. The molecule has 0 bridgehead atoms. The Morgan fingerprint density at radius 1 is 0.612 bits per heavy atom. The van der Waals surface area contributed by atoms with Crippen molar-refractivity contribution in [3.63, 3.8) is 0 Å². The van der Waals surface area contributed by atoms with E-state index in [0.29, 0.717) is 5.88 Å². The van der Waals surface area contributed by atoms with Crippen LogP contribution in [0, 0.1) is 41.5 Å². The van der Waals surface area contributed by atoms with Crippen LogP contribution < -0.4 is 25.5 Å². The summed E-state index contributed by atoms with van der Waals surface area (Å²) in [5.41, 5.74) is 17.1. The quantitative estimate of drug-likeness (QED) is 0.170. The monoisotopic (exact) mass is 640 g/mol. The number of hydrogen-bond acceptors (Lipinski definition) is 4. The van der Waals surface area contributed by atoms with Gasteiger partial charge in [0.05, 0.1) is 29.1 Å². The second-order valence-electron chi connectivity index (χ2n) is 13.8. The smallest absolute Gasteiger partial charge is 0.329 e. The number of fused-ring (bicyclic) bond motifs is 4. The summed E-state index contributed by atoms with van der Waals surface area (Å²) in [4.78, 5) is 9.80. The largest absolute Gasteiger partial charge is 0.439 e. The molecule has 0 spiro atoms. The second-order valence-corrected chi connectivity index (χ2v) is 13.8. The third-order valence-corrected chi connectivity index (χ3v) is 10.1. The molecule has 8 rings (SSSR count). The van der Waals surface area contributed by atoms with Crippen LogP contribution >= 0.6 is 0 Å². The minimum absolute atomic E-state index is 0.0321. The molecule has 1 aliphatic rings. The molecule has 0 aliphatic carbocycles. The Morgan fingerprint density at radius 2 is 1.22 bits per heavy atom. The van der Waals surface area contributed by atoms with E-state index in [4.69, 9.17) is 9.72 Å². The van der Waals surface area contributed by atoms with E-state index in [0.717, 1.165) is 40.0 Å². The molecule has 0 radical (unpaired) electrons. The van der Waals surface area contributed by atoms with Gasteiger partial charge in [-0.3, -0.25) is 0 Å². The molecule has 0 amide bonds. The zero-order valence-corrected chi connectivity index (χ0v) is 29.4. The van der Waals surface area contributed by atoms with Crippen LogP contribution in [0.25, 0.3) is 21.9 Å². The van der Waals surface area contributed by atoms with Gasteiger partial charge in [-0.15, -0.1) is 0 Å². The fraction of sp³-hybridized carbons (Fsp3) is 0.186. The Labute approximate surface area is 289 Å². The number of nitrogens with zero attached hydrogens (tertiary/aromatic N) is 4. The van der Waals surface area contributed by atoms with E-state index >= 15 is 0 Å². The Kier molecular flexibility index (Phi) is 7.48. The summed E-state index contributed by atoms with van der Waals surface area (Å²) in [6.07, 6.45) is 0. The van der Waals surface area contributed by atoms with E-state index in [1.807, 2.05) is 12.1 Å². The van der Waals surface area contributed by atoms with Gasteiger partial charge in [0.1, 0.15) is 5.75 Å². The Balaban J connectivity index is 1.27. The van der Waals surface area contributed by atoms with Crippen molar-refractivity contribution >= 4 is 56.8 Å². The maximum Gasteiger partial charge on any atom is 0.329 e. The molecule has 5 nitrogen and oxygen atoms in total. The molecular weight excluding hydrogens is 599 g/mol. The number of benzene rings is 5. The van der Waals surface area contributed by atoms with E-state index in [9.17, 15) is 0 Å². The van der Waals surface area contributed by atoms with Gasteiger partial charge in [-0.1, -0.05) is 94.0 Å². The van der Waals surface area contributed by atoms with E-state index in [-0.39, 0.29) is 6.85 Å². The van der Waals surface area contributed by atoms with Gasteiger partial charge in [0.15, 0.2) is 0 Å². The lowest BCUT2D eigenvalue weighted by atomic mass is 9.46. The predicted molar refractivity (Wildman–Crippen MR) is 207 cm³/mol. The van der Waals surface area contributed by atoms with E-state index in [2.05, 4.69) is 160 Å². The Bertz CT molecular complexity index is 2310. The summed E-state index contributed by atoms with van der Waals surface area (Å²) >= 11 is 0. The van der Waals surface area contributed by atoms with Gasteiger partial charge in [0.2, 0.25) is 5.88 Å². The first-order chi connectivity index (χ1) is 23.7. The van der Waals surface area contributed by atoms with Gasteiger partial charge < -0.3 is 19.0 Å². The maximum atomic E-state index is 6.53. The molecule has 0 fully saturated rings. The first kappa shape index (κ1) is 30.8. The summed E-state index contributed by atoms with van der Waals surface area (Å²) in [7, 11) is 2.13. The van der Waals surface area contributed by atoms with E-state index < -0.39 is 0 Å². The van der Waals surface area contributed by atoms with E-state index in [1.54, 1.807) is 0 Å². The summed E-state index contributed by atoms with van der Waals surface area (Å²) in [6, 6.07) is 39.0. The van der Waals surface area contributed by atoms with Gasteiger partial charge in [-0.2, -0.15) is 0 Å². The van der Waals surface area contributed by atoms with Gasteiger partial charge in [-0.05, 0) is 88.9 Å². The van der Waals surface area contributed by atoms with Crippen molar-refractivity contribution in [3.05, 3.63) is 143 Å². The highest BCUT2D eigenvalue weighted by Gasteiger charge is 2.32. The Morgan fingerprint density at radius 3 is 1.90 bits per heavy atom. The molecular formula is C43H41BN4O. The molecule has 0 saturated carbocycles. The number of aromatic nitrogens is 2. The van der Waals surface area contributed by atoms with E-state index in [1.165, 1.54) is 55.7 Å². The van der Waals surface area contributed by atoms with Crippen molar-refractivity contribution in [1.29, 1.82) is 0 Å². The van der Waals surface area contributed by atoms with Crippen LogP contribution in [0.1, 0.15) is 33.4 Å². The van der Waals surface area contributed by atoms with Crippen molar-refractivity contribution in [2.45, 2.75) is 41.5 Å². The van der Waals surface area contributed by atoms with Crippen LogP contribution in [0.2, 0.25) is 0 Å². The molecule has 2 aromatic heterocycles. The minimum Gasteiger partial charge on any atom is -0.439 e. The highest BCUT2D eigenvalue weighted by molar-refractivity contribution is 6.86. The highest BCUT2D eigenvalue weighted by Crippen LogP contribution is 2.41. The lowest BCUT2D eigenvalue weighted by Gasteiger charge is -2.26. The second kappa shape index (κ2) is 11.9. The van der Waals surface area contributed by atoms with Crippen molar-refractivity contribution in [1.82, 2.24) is 9.46 Å². The molecule has 3 heterocycles.